The molecule has 84 valence electrons. The third-order valence-electron chi connectivity index (χ3n) is 1.92. The van der Waals surface area contributed by atoms with Gasteiger partial charge in [-0.05, 0) is 18.2 Å². The summed E-state index contributed by atoms with van der Waals surface area (Å²) in [6.45, 7) is 0. The summed E-state index contributed by atoms with van der Waals surface area (Å²) in [4.78, 5) is 10.8. The third-order valence-corrected chi connectivity index (χ3v) is 1.92. The topological polar surface area (TPSA) is 52.3 Å². The first-order valence-electron chi connectivity index (χ1n) is 4.74. The number of carbonyl (C=O) groups excluding carboxylic acids is 1. The van der Waals surface area contributed by atoms with Crippen LogP contribution in [0, 0.1) is 17.7 Å². The smallest absolute Gasteiger partial charge is 0.306 e. The molecule has 0 unspecified atom stereocenters. The van der Waals surface area contributed by atoms with E-state index in [0.717, 1.165) is 0 Å². The molecule has 0 heterocycles. The first-order chi connectivity index (χ1) is 7.63. The molecule has 0 saturated carbocycles. The van der Waals surface area contributed by atoms with Gasteiger partial charge in [-0.3, -0.25) is 4.79 Å². The van der Waals surface area contributed by atoms with Gasteiger partial charge >= 0.3 is 5.97 Å². The Morgan fingerprint density at radius 1 is 1.56 bits per heavy atom. The van der Waals surface area contributed by atoms with E-state index in [1.807, 2.05) is 0 Å². The largest absolute Gasteiger partial charge is 0.469 e. The van der Waals surface area contributed by atoms with Crippen molar-refractivity contribution in [3.05, 3.63) is 29.6 Å². The molecule has 0 fully saturated rings. The van der Waals surface area contributed by atoms with Crippen molar-refractivity contribution in [2.24, 2.45) is 0 Å². The van der Waals surface area contributed by atoms with Crippen molar-refractivity contribution < 1.29 is 13.9 Å². The Hall–Kier alpha value is -2.02. The molecule has 1 aromatic carbocycles. The van der Waals surface area contributed by atoms with Crippen LogP contribution in [0.15, 0.2) is 18.2 Å². The van der Waals surface area contributed by atoms with Gasteiger partial charge in [0.2, 0.25) is 0 Å². The Labute approximate surface area is 93.4 Å². The van der Waals surface area contributed by atoms with Crippen LogP contribution in [-0.4, -0.2) is 13.1 Å². The van der Waals surface area contributed by atoms with Crippen LogP contribution in [0.25, 0.3) is 0 Å². The van der Waals surface area contributed by atoms with Gasteiger partial charge in [0.25, 0.3) is 0 Å². The Kier molecular flexibility index (Phi) is 4.34. The molecule has 0 radical (unpaired) electrons. The van der Waals surface area contributed by atoms with Crippen LogP contribution in [-0.2, 0) is 9.53 Å². The van der Waals surface area contributed by atoms with E-state index in [9.17, 15) is 9.18 Å². The summed E-state index contributed by atoms with van der Waals surface area (Å²) in [5.41, 5.74) is 6.46. The fraction of sp³-hybridized carbons (Fsp3) is 0.250. The molecule has 0 aromatic heterocycles. The molecule has 2 N–H and O–H groups in total. The van der Waals surface area contributed by atoms with Crippen molar-refractivity contribution in [3.63, 3.8) is 0 Å². The number of halogens is 1. The maximum absolute atomic E-state index is 12.8. The summed E-state index contributed by atoms with van der Waals surface area (Å²) >= 11 is 0. The second-order valence-electron chi connectivity index (χ2n) is 3.11. The van der Waals surface area contributed by atoms with Gasteiger partial charge in [-0.1, -0.05) is 11.8 Å². The van der Waals surface area contributed by atoms with Gasteiger partial charge in [0.1, 0.15) is 5.82 Å². The number of ether oxygens (including phenoxy) is 1. The van der Waals surface area contributed by atoms with Gasteiger partial charge in [-0.2, -0.15) is 0 Å². The molecule has 1 rings (SSSR count). The van der Waals surface area contributed by atoms with Gasteiger partial charge in [0.15, 0.2) is 0 Å². The van der Waals surface area contributed by atoms with E-state index in [-0.39, 0.29) is 18.2 Å². The van der Waals surface area contributed by atoms with Crippen LogP contribution in [0.3, 0.4) is 0 Å². The second kappa shape index (κ2) is 5.76. The maximum Gasteiger partial charge on any atom is 0.306 e. The molecular weight excluding hydrogens is 209 g/mol. The van der Waals surface area contributed by atoms with E-state index in [2.05, 4.69) is 16.6 Å². The van der Waals surface area contributed by atoms with E-state index in [1.54, 1.807) is 0 Å². The Morgan fingerprint density at radius 3 is 3.00 bits per heavy atom. The molecular formula is C12H12FNO2. The fourth-order valence-electron chi connectivity index (χ4n) is 1.06. The number of nitrogens with two attached hydrogens (primary N) is 1. The van der Waals surface area contributed by atoms with Crippen LogP contribution in [0.2, 0.25) is 0 Å². The number of carbonyl (C=O) groups is 1. The van der Waals surface area contributed by atoms with Crippen LogP contribution >= 0.6 is 0 Å². The van der Waals surface area contributed by atoms with Crippen molar-refractivity contribution in [3.8, 4) is 11.8 Å². The molecule has 0 aliphatic carbocycles. The molecule has 0 aliphatic rings. The molecule has 0 bridgehead atoms. The van der Waals surface area contributed by atoms with E-state index in [1.165, 1.54) is 25.3 Å². The number of hydrogen-bond donors (Lipinski definition) is 1. The molecule has 0 atom stereocenters. The highest BCUT2D eigenvalue weighted by atomic mass is 19.1. The van der Waals surface area contributed by atoms with Crippen molar-refractivity contribution in [2.45, 2.75) is 12.8 Å². The summed E-state index contributed by atoms with van der Waals surface area (Å²) in [6.07, 6.45) is 0.585. The zero-order chi connectivity index (χ0) is 12.0. The SMILES string of the molecule is COC(=O)CCC#Cc1cc(F)ccc1N. The lowest BCUT2D eigenvalue weighted by Crippen LogP contribution is -1.98. The minimum absolute atomic E-state index is 0.221. The lowest BCUT2D eigenvalue weighted by molar-refractivity contribution is -0.140. The van der Waals surface area contributed by atoms with Crippen molar-refractivity contribution in [1.29, 1.82) is 0 Å². The van der Waals surface area contributed by atoms with E-state index >= 15 is 0 Å². The molecule has 0 amide bonds. The van der Waals surface area contributed by atoms with Crippen molar-refractivity contribution in [2.75, 3.05) is 12.8 Å². The molecule has 1 aromatic rings. The van der Waals surface area contributed by atoms with Gasteiger partial charge in [0, 0.05) is 12.1 Å². The van der Waals surface area contributed by atoms with Gasteiger partial charge in [0.05, 0.1) is 19.1 Å². The van der Waals surface area contributed by atoms with Crippen molar-refractivity contribution in [1.82, 2.24) is 0 Å². The lowest BCUT2D eigenvalue weighted by Gasteiger charge is -1.97. The fourth-order valence-corrected chi connectivity index (χ4v) is 1.06. The molecule has 3 nitrogen and oxygen atoms in total. The predicted octanol–water partition coefficient (Wildman–Crippen LogP) is 1.71. The first-order valence-corrected chi connectivity index (χ1v) is 4.74. The summed E-state index contributed by atoms with van der Waals surface area (Å²) < 4.78 is 17.3. The quantitative estimate of drug-likeness (QED) is 0.470. The zero-order valence-electron chi connectivity index (χ0n) is 8.92. The van der Waals surface area contributed by atoms with Crippen LogP contribution in [0.4, 0.5) is 10.1 Å². The number of benzene rings is 1. The minimum atomic E-state index is -0.383. The summed E-state index contributed by atoms with van der Waals surface area (Å²) in [6, 6.07) is 4.00. The van der Waals surface area contributed by atoms with Crippen LogP contribution < -0.4 is 5.73 Å². The monoisotopic (exact) mass is 221 g/mol. The number of anilines is 1. The van der Waals surface area contributed by atoms with Crippen LogP contribution in [0.1, 0.15) is 18.4 Å². The molecule has 0 spiro atoms. The molecule has 0 saturated heterocycles. The normalized spacial score (nSPS) is 9.12. The second-order valence-corrected chi connectivity index (χ2v) is 3.11. The number of hydrogen-bond acceptors (Lipinski definition) is 3. The predicted molar refractivity (Wildman–Crippen MR) is 58.9 cm³/mol. The van der Waals surface area contributed by atoms with Gasteiger partial charge in [-0.15, -0.1) is 0 Å². The highest BCUT2D eigenvalue weighted by Gasteiger charge is 1.98. The first kappa shape index (κ1) is 12.1. The number of methoxy groups -OCH3 is 1. The van der Waals surface area contributed by atoms with Crippen molar-refractivity contribution >= 4 is 11.7 Å². The highest BCUT2D eigenvalue weighted by molar-refractivity contribution is 5.69. The van der Waals surface area contributed by atoms with Gasteiger partial charge < -0.3 is 10.5 Å². The minimum Gasteiger partial charge on any atom is -0.469 e. The Morgan fingerprint density at radius 2 is 2.31 bits per heavy atom. The molecule has 4 heteroatoms. The molecule has 0 aliphatic heterocycles. The Bertz CT molecular complexity index is 446. The summed E-state index contributed by atoms with van der Waals surface area (Å²) in [5.74, 6) is 4.75. The average Bonchev–Trinajstić information content (AvgIpc) is 2.28. The van der Waals surface area contributed by atoms with E-state index < -0.39 is 0 Å². The Balaban J connectivity index is 2.62. The average molecular weight is 221 g/mol. The zero-order valence-corrected chi connectivity index (χ0v) is 8.92. The third kappa shape index (κ3) is 3.62. The standard InChI is InChI=1S/C12H12FNO2/c1-16-12(15)5-3-2-4-9-8-10(13)6-7-11(9)14/h6-8H,3,5,14H2,1H3. The summed E-state index contributed by atoms with van der Waals surface area (Å²) in [5, 5.41) is 0. The number of esters is 1. The highest BCUT2D eigenvalue weighted by Crippen LogP contribution is 2.11. The number of rotatable bonds is 2. The van der Waals surface area contributed by atoms with Crippen LogP contribution in [0.5, 0.6) is 0 Å². The van der Waals surface area contributed by atoms with E-state index in [0.29, 0.717) is 17.7 Å². The van der Waals surface area contributed by atoms with Gasteiger partial charge in [-0.25, -0.2) is 4.39 Å². The summed E-state index contributed by atoms with van der Waals surface area (Å²) in [7, 11) is 1.32. The number of nitrogen functional groups attached to an aromatic ring is 1. The van der Waals surface area contributed by atoms with E-state index in [4.69, 9.17) is 5.73 Å². The molecule has 16 heavy (non-hydrogen) atoms. The maximum atomic E-state index is 12.8. The lowest BCUT2D eigenvalue weighted by atomic mass is 10.1.